The van der Waals surface area contributed by atoms with Crippen molar-refractivity contribution in [3.63, 3.8) is 0 Å². The van der Waals surface area contributed by atoms with Crippen molar-refractivity contribution in [1.29, 1.82) is 0 Å². The topological polar surface area (TPSA) is 21.3 Å². The van der Waals surface area contributed by atoms with Gasteiger partial charge in [-0.25, -0.2) is 0 Å². The molecule has 0 aliphatic rings. The van der Waals surface area contributed by atoms with Crippen LogP contribution in [0.2, 0.25) is 0 Å². The van der Waals surface area contributed by atoms with Gasteiger partial charge in [-0.3, -0.25) is 0 Å². The molecule has 12 heavy (non-hydrogen) atoms. The van der Waals surface area contributed by atoms with Crippen molar-refractivity contribution < 1.29 is 4.74 Å². The van der Waals surface area contributed by atoms with E-state index in [2.05, 4.69) is 17.4 Å². The summed E-state index contributed by atoms with van der Waals surface area (Å²) in [6.45, 7) is 0.709. The number of benzene rings is 1. The van der Waals surface area contributed by atoms with Crippen LogP contribution in [0.25, 0.3) is 0 Å². The number of methoxy groups -OCH3 is 1. The summed E-state index contributed by atoms with van der Waals surface area (Å²) < 4.78 is 5.09. The summed E-state index contributed by atoms with van der Waals surface area (Å²) in [5, 5.41) is 3.19. The highest BCUT2D eigenvalue weighted by atomic mass is 16.5. The van der Waals surface area contributed by atoms with Crippen LogP contribution < -0.4 is 5.32 Å². The zero-order valence-electron chi connectivity index (χ0n) is 7.58. The molecule has 0 radical (unpaired) electrons. The average Bonchev–Trinajstić information content (AvgIpc) is 2.15. The van der Waals surface area contributed by atoms with Gasteiger partial charge >= 0.3 is 0 Å². The van der Waals surface area contributed by atoms with E-state index in [0.29, 0.717) is 12.6 Å². The van der Waals surface area contributed by atoms with Gasteiger partial charge in [0.05, 0.1) is 12.6 Å². The molecule has 0 fully saturated rings. The molecule has 0 bridgehead atoms. The summed E-state index contributed by atoms with van der Waals surface area (Å²) in [5.74, 6) is 0. The van der Waals surface area contributed by atoms with Crippen LogP contribution in [0, 0.1) is 0 Å². The number of nitrogens with one attached hydrogen (secondary N) is 1. The van der Waals surface area contributed by atoms with E-state index in [4.69, 9.17) is 4.74 Å². The summed E-state index contributed by atoms with van der Waals surface area (Å²) in [5.41, 5.74) is 1.27. The van der Waals surface area contributed by atoms with Gasteiger partial charge in [0, 0.05) is 7.11 Å². The Morgan fingerprint density at radius 3 is 2.50 bits per heavy atom. The Labute approximate surface area is 73.6 Å². The molecule has 0 saturated carbocycles. The molecule has 1 aromatic carbocycles. The quantitative estimate of drug-likeness (QED) is 0.731. The lowest BCUT2D eigenvalue weighted by Gasteiger charge is -2.14. The van der Waals surface area contributed by atoms with E-state index in [0.717, 1.165) is 0 Å². The second-order valence-electron chi connectivity index (χ2n) is 2.71. The largest absolute Gasteiger partial charge is 0.383 e. The summed E-state index contributed by atoms with van der Waals surface area (Å²) in [6.07, 6.45) is 0. The summed E-state index contributed by atoms with van der Waals surface area (Å²) in [7, 11) is 3.66. The lowest BCUT2D eigenvalue weighted by Crippen LogP contribution is -2.20. The van der Waals surface area contributed by atoms with Crippen LogP contribution in [0.15, 0.2) is 30.3 Å². The smallest absolute Gasteiger partial charge is 0.0657 e. The first-order valence-electron chi connectivity index (χ1n) is 4.09. The van der Waals surface area contributed by atoms with Crippen molar-refractivity contribution >= 4 is 0 Å². The Balaban J connectivity index is 2.66. The molecule has 0 saturated heterocycles. The lowest BCUT2D eigenvalue weighted by molar-refractivity contribution is 0.170. The maximum absolute atomic E-state index is 5.09. The molecular weight excluding hydrogens is 150 g/mol. The zero-order chi connectivity index (χ0) is 8.81. The van der Waals surface area contributed by atoms with Gasteiger partial charge < -0.3 is 10.1 Å². The van der Waals surface area contributed by atoms with Gasteiger partial charge in [-0.2, -0.15) is 0 Å². The normalized spacial score (nSPS) is 12.8. The lowest BCUT2D eigenvalue weighted by atomic mass is 10.1. The predicted molar refractivity (Wildman–Crippen MR) is 50.1 cm³/mol. The van der Waals surface area contributed by atoms with Crippen molar-refractivity contribution in [3.8, 4) is 0 Å². The predicted octanol–water partition coefficient (Wildman–Crippen LogP) is 1.59. The molecule has 1 N–H and O–H groups in total. The van der Waals surface area contributed by atoms with Crippen molar-refractivity contribution in [2.45, 2.75) is 6.04 Å². The van der Waals surface area contributed by atoms with Crippen molar-refractivity contribution in [2.24, 2.45) is 0 Å². The van der Waals surface area contributed by atoms with E-state index in [1.807, 2.05) is 25.2 Å². The molecule has 2 nitrogen and oxygen atoms in total. The molecule has 1 atom stereocenters. The summed E-state index contributed by atoms with van der Waals surface area (Å²) >= 11 is 0. The highest BCUT2D eigenvalue weighted by Crippen LogP contribution is 2.11. The Hall–Kier alpha value is -0.860. The molecule has 0 spiro atoms. The van der Waals surface area contributed by atoms with E-state index in [1.54, 1.807) is 7.11 Å². The van der Waals surface area contributed by atoms with E-state index in [-0.39, 0.29) is 0 Å². The number of ether oxygens (including phenoxy) is 1. The molecule has 0 heterocycles. The molecule has 0 aromatic heterocycles. The Morgan fingerprint density at radius 2 is 2.00 bits per heavy atom. The van der Waals surface area contributed by atoms with Crippen LogP contribution in [0.5, 0.6) is 0 Å². The van der Waals surface area contributed by atoms with Crippen LogP contribution in [-0.4, -0.2) is 20.8 Å². The monoisotopic (exact) mass is 165 g/mol. The first-order valence-corrected chi connectivity index (χ1v) is 4.09. The number of hydrogen-bond acceptors (Lipinski definition) is 2. The maximum atomic E-state index is 5.09. The average molecular weight is 165 g/mol. The van der Waals surface area contributed by atoms with Gasteiger partial charge in [0.15, 0.2) is 0 Å². The van der Waals surface area contributed by atoms with Gasteiger partial charge in [0.25, 0.3) is 0 Å². The van der Waals surface area contributed by atoms with Crippen LogP contribution >= 0.6 is 0 Å². The molecule has 0 amide bonds. The zero-order valence-corrected chi connectivity index (χ0v) is 7.58. The van der Waals surface area contributed by atoms with E-state index in [9.17, 15) is 0 Å². The van der Waals surface area contributed by atoms with Crippen LogP contribution in [-0.2, 0) is 4.74 Å². The number of hydrogen-bond donors (Lipinski definition) is 1. The summed E-state index contributed by atoms with van der Waals surface area (Å²) in [4.78, 5) is 0. The first-order chi connectivity index (χ1) is 5.88. The summed E-state index contributed by atoms with van der Waals surface area (Å²) in [6, 6.07) is 10.6. The van der Waals surface area contributed by atoms with Crippen molar-refractivity contribution in [1.82, 2.24) is 5.32 Å². The van der Waals surface area contributed by atoms with E-state index in [1.165, 1.54) is 5.56 Å². The van der Waals surface area contributed by atoms with Crippen LogP contribution in [0.3, 0.4) is 0 Å². The van der Waals surface area contributed by atoms with Gasteiger partial charge in [0.1, 0.15) is 0 Å². The molecular formula is C10H15NO. The van der Waals surface area contributed by atoms with Gasteiger partial charge in [0.2, 0.25) is 0 Å². The third-order valence-electron chi connectivity index (χ3n) is 1.88. The molecule has 1 rings (SSSR count). The highest BCUT2D eigenvalue weighted by molar-refractivity contribution is 5.18. The highest BCUT2D eigenvalue weighted by Gasteiger charge is 2.06. The fraction of sp³-hybridized carbons (Fsp3) is 0.400. The molecule has 1 unspecified atom stereocenters. The van der Waals surface area contributed by atoms with Crippen molar-refractivity contribution in [2.75, 3.05) is 20.8 Å². The third kappa shape index (κ3) is 2.32. The molecule has 1 aromatic rings. The minimum Gasteiger partial charge on any atom is -0.383 e. The van der Waals surface area contributed by atoms with Crippen molar-refractivity contribution in [3.05, 3.63) is 35.9 Å². The van der Waals surface area contributed by atoms with E-state index < -0.39 is 0 Å². The Morgan fingerprint density at radius 1 is 1.33 bits per heavy atom. The minimum absolute atomic E-state index is 0.302. The molecule has 0 aliphatic heterocycles. The molecule has 0 aliphatic carbocycles. The second-order valence-corrected chi connectivity index (χ2v) is 2.71. The first kappa shape index (κ1) is 9.23. The maximum Gasteiger partial charge on any atom is 0.0657 e. The van der Waals surface area contributed by atoms with Crippen LogP contribution in [0.4, 0.5) is 0 Å². The molecule has 2 heteroatoms. The number of rotatable bonds is 4. The molecule has 66 valence electrons. The van der Waals surface area contributed by atoms with Gasteiger partial charge in [-0.05, 0) is 12.6 Å². The standard InChI is InChI=1S/C10H15NO/c1-11-10(8-12-2)9-6-4-3-5-7-9/h3-7,10-11H,8H2,1-2H3. The van der Waals surface area contributed by atoms with Crippen LogP contribution in [0.1, 0.15) is 11.6 Å². The number of likely N-dealkylation sites (N-methyl/N-ethyl adjacent to an activating group) is 1. The Kier molecular flexibility index (Phi) is 3.77. The Bertz CT molecular complexity index is 210. The van der Waals surface area contributed by atoms with E-state index >= 15 is 0 Å². The SMILES string of the molecule is CNC(COC)c1ccccc1. The fourth-order valence-corrected chi connectivity index (χ4v) is 1.20. The third-order valence-corrected chi connectivity index (χ3v) is 1.88. The van der Waals surface area contributed by atoms with Gasteiger partial charge in [-0.15, -0.1) is 0 Å². The van der Waals surface area contributed by atoms with Gasteiger partial charge in [-0.1, -0.05) is 30.3 Å². The second kappa shape index (κ2) is 4.91. The fourth-order valence-electron chi connectivity index (χ4n) is 1.20. The minimum atomic E-state index is 0.302.